The average molecular weight is 845 g/mol. The number of aromatic hydroxyl groups is 5. The number of hydrogen-bond acceptors (Lipinski definition) is 5. The molecular weight excluding hydrogens is 777 g/mol. The summed E-state index contributed by atoms with van der Waals surface area (Å²) in [5.41, 5.74) is 12.1. The summed E-state index contributed by atoms with van der Waals surface area (Å²) < 4.78 is 0. The predicted octanol–water partition coefficient (Wildman–Crippen LogP) is 13.3. The zero-order valence-corrected chi connectivity index (χ0v) is 39.6. The van der Waals surface area contributed by atoms with Crippen molar-refractivity contribution >= 4 is 0 Å². The molecule has 0 saturated carbocycles. The summed E-state index contributed by atoms with van der Waals surface area (Å²) >= 11 is 0. The topological polar surface area (TPSA) is 101 Å². The van der Waals surface area contributed by atoms with Gasteiger partial charge >= 0.3 is 0 Å². The predicted molar refractivity (Wildman–Crippen MR) is 259 cm³/mol. The Morgan fingerprint density at radius 3 is 0.714 bits per heavy atom. The molecule has 0 saturated heterocycles. The molecule has 330 valence electrons. The molecule has 63 heavy (non-hydrogen) atoms. The van der Waals surface area contributed by atoms with Crippen LogP contribution in [-0.4, -0.2) is 25.5 Å². The van der Waals surface area contributed by atoms with E-state index in [1.54, 1.807) is 0 Å². The lowest BCUT2D eigenvalue weighted by Gasteiger charge is -2.26. The van der Waals surface area contributed by atoms with Gasteiger partial charge < -0.3 is 25.5 Å². The second kappa shape index (κ2) is 16.5. The first kappa shape index (κ1) is 45.3. The number of rotatable bonds is 2. The van der Waals surface area contributed by atoms with Crippen molar-refractivity contribution in [3.8, 4) is 28.7 Å². The van der Waals surface area contributed by atoms with Gasteiger partial charge in [0.15, 0.2) is 0 Å². The van der Waals surface area contributed by atoms with Gasteiger partial charge in [-0.25, -0.2) is 0 Å². The molecular formula is C58H68O5. The smallest absolute Gasteiger partial charge is 0.122 e. The first-order valence-electron chi connectivity index (χ1n) is 22.5. The zero-order valence-electron chi connectivity index (χ0n) is 39.6. The normalized spacial score (nSPS) is 13.8. The Hall–Kier alpha value is -5.68. The SMILES string of the molecule is CC(C)(C)c1cc2c(O)c(c1)Cc1cc(C(C)(C)C)cc(c1O)Cc1cc(C(C)(C)C)cc(c1O)Cc1cc(C(C)(C)C)cc(c1O)Cc1cc(Cc3ccccc3)cc(c1O)C2. The molecule has 0 spiro atoms. The van der Waals surface area contributed by atoms with Crippen LogP contribution in [0.15, 0.2) is 91.0 Å². The molecule has 5 heteroatoms. The minimum Gasteiger partial charge on any atom is -0.507 e. The Morgan fingerprint density at radius 1 is 0.302 bits per heavy atom. The average Bonchev–Trinajstić information content (AvgIpc) is 3.17. The maximum atomic E-state index is 12.3. The van der Waals surface area contributed by atoms with E-state index in [2.05, 4.69) is 144 Å². The van der Waals surface area contributed by atoms with E-state index >= 15 is 0 Å². The molecule has 10 bridgehead atoms. The van der Waals surface area contributed by atoms with Crippen molar-refractivity contribution in [2.45, 2.75) is 143 Å². The van der Waals surface area contributed by atoms with Crippen LogP contribution in [0.4, 0.5) is 0 Å². The van der Waals surface area contributed by atoms with Crippen LogP contribution in [0, 0.1) is 0 Å². The summed E-state index contributed by atoms with van der Waals surface area (Å²) in [4.78, 5) is 0. The minimum atomic E-state index is -0.269. The number of hydrogen-bond donors (Lipinski definition) is 5. The van der Waals surface area contributed by atoms with Crippen LogP contribution >= 0.6 is 0 Å². The first-order chi connectivity index (χ1) is 29.3. The van der Waals surface area contributed by atoms with Gasteiger partial charge in [-0.1, -0.05) is 174 Å². The van der Waals surface area contributed by atoms with Crippen molar-refractivity contribution in [3.63, 3.8) is 0 Å². The molecule has 5 N–H and O–H groups in total. The molecule has 6 aromatic rings. The van der Waals surface area contributed by atoms with Crippen molar-refractivity contribution in [2.24, 2.45) is 0 Å². The van der Waals surface area contributed by atoms with E-state index in [9.17, 15) is 25.5 Å². The van der Waals surface area contributed by atoms with Crippen LogP contribution in [0.1, 0.15) is 172 Å². The standard InChI is InChI=1S/C58H68O5/c1-55(2,3)46-26-38-21-36-19-35(18-34-16-14-13-15-17-34)20-37(50(36)59)22-39-27-47(56(4,5)6)29-41(52(39)61)24-43-31-49(58(10,11)12)33-45(54(43)63)25-44-32-48(57(7,8)9)30-42(53(44)62)23-40(28-46)51(38)60/h13-17,19-20,26-33,59-63H,18,21-25H2,1-12H3. The van der Waals surface area contributed by atoms with Gasteiger partial charge in [0, 0.05) is 32.1 Å². The monoisotopic (exact) mass is 845 g/mol. The molecule has 0 aromatic heterocycles. The van der Waals surface area contributed by atoms with E-state index in [4.69, 9.17) is 0 Å². The Balaban J connectivity index is 1.56. The van der Waals surface area contributed by atoms with E-state index in [0.717, 1.165) is 33.4 Å². The van der Waals surface area contributed by atoms with E-state index in [-0.39, 0.29) is 82.5 Å². The summed E-state index contributed by atoms with van der Waals surface area (Å²) in [6, 6.07) is 30.8. The van der Waals surface area contributed by atoms with E-state index in [1.807, 2.05) is 30.3 Å². The number of fused-ring (bicyclic) bond motifs is 10. The minimum absolute atomic E-state index is 0.130. The summed E-state index contributed by atoms with van der Waals surface area (Å²) in [5, 5.41) is 61.6. The fourth-order valence-electron chi connectivity index (χ4n) is 8.91. The molecule has 0 amide bonds. The lowest BCUT2D eigenvalue weighted by atomic mass is 9.79. The van der Waals surface area contributed by atoms with Crippen molar-refractivity contribution in [2.75, 3.05) is 0 Å². The van der Waals surface area contributed by atoms with Gasteiger partial charge in [0.25, 0.3) is 0 Å². The Kier molecular flexibility index (Phi) is 11.8. The maximum absolute atomic E-state index is 12.3. The van der Waals surface area contributed by atoms with Gasteiger partial charge in [0.05, 0.1) is 0 Å². The highest BCUT2D eigenvalue weighted by atomic mass is 16.3. The van der Waals surface area contributed by atoms with Gasteiger partial charge in [-0.2, -0.15) is 0 Å². The molecule has 0 unspecified atom stereocenters. The van der Waals surface area contributed by atoms with Gasteiger partial charge in [0.1, 0.15) is 28.7 Å². The number of benzene rings is 6. The summed E-state index contributed by atoms with van der Waals surface area (Å²) in [5.74, 6) is 0.671. The lowest BCUT2D eigenvalue weighted by molar-refractivity contribution is 0.449. The van der Waals surface area contributed by atoms with Crippen LogP contribution in [0.25, 0.3) is 0 Å². The highest BCUT2D eigenvalue weighted by Gasteiger charge is 2.27. The van der Waals surface area contributed by atoms with Crippen LogP contribution in [0.2, 0.25) is 0 Å². The van der Waals surface area contributed by atoms with Gasteiger partial charge in [-0.3, -0.25) is 0 Å². The highest BCUT2D eigenvalue weighted by molar-refractivity contribution is 5.59. The zero-order chi connectivity index (χ0) is 46.0. The molecule has 0 aliphatic heterocycles. The Bertz CT molecular complexity index is 2530. The van der Waals surface area contributed by atoms with Gasteiger partial charge in [-0.05, 0) is 117 Å². The van der Waals surface area contributed by atoms with Gasteiger partial charge in [0.2, 0.25) is 0 Å². The third-order valence-electron chi connectivity index (χ3n) is 13.0. The van der Waals surface area contributed by atoms with Gasteiger partial charge in [-0.15, -0.1) is 0 Å². The fraction of sp³-hybridized carbons (Fsp3) is 0.379. The highest BCUT2D eigenvalue weighted by Crippen LogP contribution is 2.43. The quantitative estimate of drug-likeness (QED) is 0.119. The van der Waals surface area contributed by atoms with E-state index in [0.29, 0.717) is 62.1 Å². The Morgan fingerprint density at radius 2 is 0.508 bits per heavy atom. The van der Waals surface area contributed by atoms with E-state index in [1.165, 1.54) is 0 Å². The number of phenols is 5. The van der Waals surface area contributed by atoms with Crippen molar-refractivity contribution < 1.29 is 25.5 Å². The third kappa shape index (κ3) is 9.78. The molecule has 0 radical (unpaired) electrons. The van der Waals surface area contributed by atoms with Crippen molar-refractivity contribution in [3.05, 3.63) is 180 Å². The first-order valence-corrected chi connectivity index (χ1v) is 22.5. The lowest BCUT2D eigenvalue weighted by Crippen LogP contribution is -2.15. The van der Waals surface area contributed by atoms with E-state index < -0.39 is 0 Å². The molecule has 1 aliphatic rings. The van der Waals surface area contributed by atoms with Crippen LogP contribution < -0.4 is 0 Å². The van der Waals surface area contributed by atoms with Crippen molar-refractivity contribution in [1.29, 1.82) is 0 Å². The molecule has 7 rings (SSSR count). The molecule has 1 aliphatic carbocycles. The van der Waals surface area contributed by atoms with Crippen molar-refractivity contribution in [1.82, 2.24) is 0 Å². The molecule has 5 nitrogen and oxygen atoms in total. The molecule has 0 heterocycles. The Labute approximate surface area is 376 Å². The van der Waals surface area contributed by atoms with Crippen LogP contribution in [0.5, 0.6) is 28.7 Å². The molecule has 0 fully saturated rings. The summed E-state index contributed by atoms with van der Waals surface area (Å²) in [7, 11) is 0. The maximum Gasteiger partial charge on any atom is 0.122 e. The third-order valence-corrected chi connectivity index (χ3v) is 13.0. The summed E-state index contributed by atoms with van der Waals surface area (Å²) in [6.45, 7) is 25.9. The second-order valence-electron chi connectivity index (χ2n) is 22.4. The second-order valence-corrected chi connectivity index (χ2v) is 22.4. The van der Waals surface area contributed by atoms with Crippen LogP contribution in [-0.2, 0) is 60.2 Å². The molecule has 6 aromatic carbocycles. The number of phenolic OH excluding ortho intramolecular Hbond substituents is 5. The summed E-state index contributed by atoms with van der Waals surface area (Å²) in [6.07, 6.45) is 2.01. The molecule has 0 atom stereocenters. The fourth-order valence-corrected chi connectivity index (χ4v) is 8.91. The van der Waals surface area contributed by atoms with Crippen LogP contribution in [0.3, 0.4) is 0 Å². The largest absolute Gasteiger partial charge is 0.507 e.